The molecule has 0 aliphatic rings. The maximum absolute atomic E-state index is 5.30. The molecule has 0 radical (unpaired) electrons. The zero-order chi connectivity index (χ0) is 13.9. The van der Waals surface area contributed by atoms with Crippen molar-refractivity contribution in [2.24, 2.45) is 0 Å². The summed E-state index contributed by atoms with van der Waals surface area (Å²) in [6.45, 7) is 0.672. The fourth-order valence-corrected chi connectivity index (χ4v) is 1.95. The maximum Gasteiger partial charge on any atom is 0.263 e. The first-order valence-corrected chi connectivity index (χ1v) is 6.30. The van der Waals surface area contributed by atoms with Gasteiger partial charge in [-0.15, -0.1) is 0 Å². The van der Waals surface area contributed by atoms with Crippen molar-refractivity contribution in [2.75, 3.05) is 26.1 Å². The molecule has 2 heterocycles. The molecule has 1 aromatic carbocycles. The number of fused-ring (bicyclic) bond motifs is 1. The van der Waals surface area contributed by atoms with E-state index in [1.165, 1.54) is 6.33 Å². The highest BCUT2D eigenvalue weighted by Crippen LogP contribution is 2.30. The molecule has 0 spiro atoms. The molecule has 20 heavy (non-hydrogen) atoms. The lowest BCUT2D eigenvalue weighted by Crippen LogP contribution is -2.21. The van der Waals surface area contributed by atoms with Gasteiger partial charge in [0.05, 0.1) is 6.67 Å². The van der Waals surface area contributed by atoms with E-state index < -0.39 is 0 Å². The number of anilines is 1. The fourth-order valence-electron chi connectivity index (χ4n) is 1.95. The largest absolute Gasteiger partial charge is 0.357 e. The fraction of sp³-hybridized carbons (Fsp3) is 0.214. The molecule has 0 amide bonds. The van der Waals surface area contributed by atoms with Gasteiger partial charge in [0.1, 0.15) is 23.2 Å². The molecule has 0 aliphatic carbocycles. The average Bonchev–Trinajstić information content (AvgIpc) is 2.90. The zero-order valence-electron chi connectivity index (χ0n) is 11.4. The van der Waals surface area contributed by atoms with Gasteiger partial charge in [-0.05, 0) is 14.1 Å². The van der Waals surface area contributed by atoms with Gasteiger partial charge >= 0.3 is 0 Å². The molecular weight excluding hydrogens is 254 g/mol. The molecule has 6 heteroatoms. The topological polar surface area (TPSA) is 67.1 Å². The number of hydrogen-bond donors (Lipinski definition) is 1. The lowest BCUT2D eigenvalue weighted by atomic mass is 10.1. The molecular formula is C14H15N5O. The van der Waals surface area contributed by atoms with Crippen LogP contribution >= 0.6 is 0 Å². The van der Waals surface area contributed by atoms with E-state index in [1.807, 2.05) is 49.3 Å². The SMILES string of the molecule is CN(C)CNc1ncnc2onc(-c3ccccc3)c12. The van der Waals surface area contributed by atoms with Crippen LogP contribution in [0.2, 0.25) is 0 Å². The van der Waals surface area contributed by atoms with E-state index in [9.17, 15) is 0 Å². The molecule has 6 nitrogen and oxygen atoms in total. The van der Waals surface area contributed by atoms with Crippen LogP contribution in [0.4, 0.5) is 5.82 Å². The number of hydrogen-bond acceptors (Lipinski definition) is 6. The highest BCUT2D eigenvalue weighted by molar-refractivity contribution is 5.97. The summed E-state index contributed by atoms with van der Waals surface area (Å²) in [5.74, 6) is 0.726. The second-order valence-corrected chi connectivity index (χ2v) is 4.71. The van der Waals surface area contributed by atoms with Gasteiger partial charge in [-0.1, -0.05) is 35.5 Å². The normalized spacial score (nSPS) is 11.2. The predicted molar refractivity (Wildman–Crippen MR) is 77.2 cm³/mol. The Hall–Kier alpha value is -2.47. The minimum atomic E-state index is 0.486. The molecule has 3 aromatic rings. The van der Waals surface area contributed by atoms with Gasteiger partial charge in [0.2, 0.25) is 0 Å². The van der Waals surface area contributed by atoms with Crippen molar-refractivity contribution in [3.05, 3.63) is 36.7 Å². The Morgan fingerprint density at radius 3 is 2.70 bits per heavy atom. The van der Waals surface area contributed by atoms with E-state index in [1.54, 1.807) is 0 Å². The molecule has 0 aliphatic heterocycles. The van der Waals surface area contributed by atoms with E-state index in [0.717, 1.165) is 22.5 Å². The third kappa shape index (κ3) is 2.33. The number of rotatable bonds is 4. The van der Waals surface area contributed by atoms with Gasteiger partial charge in [-0.2, -0.15) is 4.98 Å². The molecule has 3 rings (SSSR count). The molecule has 2 aromatic heterocycles. The minimum Gasteiger partial charge on any atom is -0.357 e. The van der Waals surface area contributed by atoms with Crippen LogP contribution in [-0.4, -0.2) is 40.8 Å². The molecule has 0 saturated carbocycles. The second kappa shape index (κ2) is 5.26. The third-order valence-electron chi connectivity index (χ3n) is 2.88. The van der Waals surface area contributed by atoms with Crippen molar-refractivity contribution in [1.29, 1.82) is 0 Å². The number of nitrogens with one attached hydrogen (secondary N) is 1. The first-order chi connectivity index (χ1) is 9.75. The van der Waals surface area contributed by atoms with Gasteiger partial charge in [0.15, 0.2) is 0 Å². The van der Waals surface area contributed by atoms with E-state index in [4.69, 9.17) is 4.52 Å². The lowest BCUT2D eigenvalue weighted by molar-refractivity contribution is 0.439. The Kier molecular flexibility index (Phi) is 3.30. The highest BCUT2D eigenvalue weighted by atomic mass is 16.5. The summed E-state index contributed by atoms with van der Waals surface area (Å²) in [5, 5.41) is 8.19. The van der Waals surface area contributed by atoms with Crippen LogP contribution in [-0.2, 0) is 0 Å². The van der Waals surface area contributed by atoms with Gasteiger partial charge < -0.3 is 9.84 Å². The van der Waals surface area contributed by atoms with Crippen LogP contribution in [0.5, 0.6) is 0 Å². The van der Waals surface area contributed by atoms with Gasteiger partial charge in [-0.3, -0.25) is 4.90 Å². The van der Waals surface area contributed by atoms with Crippen LogP contribution in [0.3, 0.4) is 0 Å². The summed E-state index contributed by atoms with van der Waals surface area (Å²) in [4.78, 5) is 10.4. The molecule has 0 bridgehead atoms. The Bertz CT molecular complexity index is 708. The Morgan fingerprint density at radius 2 is 1.95 bits per heavy atom. The van der Waals surface area contributed by atoms with Crippen molar-refractivity contribution in [1.82, 2.24) is 20.0 Å². The van der Waals surface area contributed by atoms with E-state index in [0.29, 0.717) is 12.4 Å². The molecule has 0 saturated heterocycles. The number of nitrogens with zero attached hydrogens (tertiary/aromatic N) is 4. The average molecular weight is 269 g/mol. The van der Waals surface area contributed by atoms with Gasteiger partial charge in [0, 0.05) is 5.56 Å². The summed E-state index contributed by atoms with van der Waals surface area (Å²) in [7, 11) is 3.97. The van der Waals surface area contributed by atoms with Crippen molar-refractivity contribution in [3.8, 4) is 11.3 Å². The Balaban J connectivity index is 2.10. The van der Waals surface area contributed by atoms with E-state index in [2.05, 4.69) is 20.4 Å². The Labute approximate surface area is 116 Å². The standard InChI is InChI=1S/C14H15N5O/c1-19(2)9-17-13-11-12(10-6-4-3-5-7-10)18-20-14(11)16-8-15-13/h3-8H,9H2,1-2H3,(H,15,16,17). The monoisotopic (exact) mass is 269 g/mol. The summed E-state index contributed by atoms with van der Waals surface area (Å²) in [6.07, 6.45) is 1.47. The van der Waals surface area contributed by atoms with Crippen LogP contribution in [0.1, 0.15) is 0 Å². The number of aromatic nitrogens is 3. The van der Waals surface area contributed by atoms with Crippen LogP contribution in [0.15, 0.2) is 41.2 Å². The van der Waals surface area contributed by atoms with Gasteiger partial charge in [0.25, 0.3) is 5.71 Å². The Morgan fingerprint density at radius 1 is 1.15 bits per heavy atom. The highest BCUT2D eigenvalue weighted by Gasteiger charge is 2.16. The number of benzene rings is 1. The van der Waals surface area contributed by atoms with E-state index >= 15 is 0 Å². The molecule has 102 valence electrons. The van der Waals surface area contributed by atoms with E-state index in [-0.39, 0.29) is 0 Å². The van der Waals surface area contributed by atoms with Crippen molar-refractivity contribution in [3.63, 3.8) is 0 Å². The maximum atomic E-state index is 5.30. The summed E-state index contributed by atoms with van der Waals surface area (Å²) >= 11 is 0. The van der Waals surface area contributed by atoms with Crippen LogP contribution < -0.4 is 5.32 Å². The molecule has 1 N–H and O–H groups in total. The van der Waals surface area contributed by atoms with Crippen LogP contribution in [0, 0.1) is 0 Å². The zero-order valence-corrected chi connectivity index (χ0v) is 11.4. The molecule has 0 unspecified atom stereocenters. The van der Waals surface area contributed by atoms with Crippen molar-refractivity contribution < 1.29 is 4.52 Å². The summed E-state index contributed by atoms with van der Waals surface area (Å²) in [5.41, 5.74) is 2.22. The van der Waals surface area contributed by atoms with Crippen molar-refractivity contribution in [2.45, 2.75) is 0 Å². The summed E-state index contributed by atoms with van der Waals surface area (Å²) in [6, 6.07) is 9.87. The second-order valence-electron chi connectivity index (χ2n) is 4.71. The lowest BCUT2D eigenvalue weighted by Gasteiger charge is -2.11. The first-order valence-electron chi connectivity index (χ1n) is 6.30. The molecule has 0 atom stereocenters. The van der Waals surface area contributed by atoms with Crippen LogP contribution in [0.25, 0.3) is 22.4 Å². The quantitative estimate of drug-likeness (QED) is 0.732. The van der Waals surface area contributed by atoms with Gasteiger partial charge in [-0.25, -0.2) is 4.98 Å². The molecule has 0 fully saturated rings. The van der Waals surface area contributed by atoms with Crippen molar-refractivity contribution >= 4 is 16.9 Å². The summed E-state index contributed by atoms with van der Waals surface area (Å²) < 4.78 is 5.30. The minimum absolute atomic E-state index is 0.486. The predicted octanol–water partition coefficient (Wildman–Crippen LogP) is 2.22. The third-order valence-corrected chi connectivity index (χ3v) is 2.88. The first kappa shape index (κ1) is 12.6. The smallest absolute Gasteiger partial charge is 0.263 e.